The van der Waals surface area contributed by atoms with Gasteiger partial charge in [-0.3, -0.25) is 0 Å². The van der Waals surface area contributed by atoms with Gasteiger partial charge in [-0.1, -0.05) is 0 Å². The van der Waals surface area contributed by atoms with E-state index in [2.05, 4.69) is 0 Å². The molecule has 1 aromatic carbocycles. The molecule has 3 N–H and O–H groups in total. The van der Waals surface area contributed by atoms with Crippen molar-refractivity contribution in [3.8, 4) is 0 Å². The molecule has 1 aromatic rings. The Bertz CT molecular complexity index is 448. The minimum absolute atomic E-state index is 0.0913. The molecule has 1 saturated heterocycles. The van der Waals surface area contributed by atoms with E-state index in [0.717, 1.165) is 18.9 Å². The Labute approximate surface area is 109 Å². The lowest BCUT2D eigenvalue weighted by Gasteiger charge is -2.38. The molecular weight excluding hydrogens is 257 g/mol. The second kappa shape index (κ2) is 5.28. The molecule has 0 radical (unpaired) electrons. The number of aliphatic hydroxyl groups excluding tert-OH is 1. The van der Waals surface area contributed by atoms with E-state index < -0.39 is 11.7 Å². The molecule has 6 heteroatoms. The highest BCUT2D eigenvalue weighted by Gasteiger charge is 2.36. The Morgan fingerprint density at radius 3 is 2.68 bits per heavy atom. The smallest absolute Gasteiger partial charge is 0.399 e. The topological polar surface area (TPSA) is 49.5 Å². The summed E-state index contributed by atoms with van der Waals surface area (Å²) in [6.45, 7) is 0.389. The number of alkyl halides is 3. The van der Waals surface area contributed by atoms with Gasteiger partial charge < -0.3 is 15.7 Å². The summed E-state index contributed by atoms with van der Waals surface area (Å²) >= 11 is 0. The van der Waals surface area contributed by atoms with E-state index in [0.29, 0.717) is 13.0 Å². The van der Waals surface area contributed by atoms with E-state index in [1.165, 1.54) is 12.1 Å². The zero-order valence-corrected chi connectivity index (χ0v) is 10.5. The highest BCUT2D eigenvalue weighted by Crippen LogP contribution is 2.39. The molecular formula is C13H17F3N2O. The molecule has 0 aromatic heterocycles. The average molecular weight is 274 g/mol. The molecule has 1 unspecified atom stereocenters. The number of benzene rings is 1. The molecule has 0 saturated carbocycles. The predicted molar refractivity (Wildman–Crippen MR) is 67.9 cm³/mol. The van der Waals surface area contributed by atoms with Crippen molar-refractivity contribution in [3.05, 3.63) is 23.8 Å². The van der Waals surface area contributed by atoms with Crippen LogP contribution in [-0.2, 0) is 6.18 Å². The standard InChI is InChI=1S/C13H17F3N2O/c14-13(15,16)11-7-9(17)4-5-12(11)18-6-2-1-3-10(18)8-19/h4-5,7,10,19H,1-3,6,8,17H2. The van der Waals surface area contributed by atoms with Crippen LogP contribution in [0.4, 0.5) is 24.5 Å². The molecule has 106 valence electrons. The van der Waals surface area contributed by atoms with Gasteiger partial charge in [0.25, 0.3) is 0 Å². The van der Waals surface area contributed by atoms with Gasteiger partial charge in [0.1, 0.15) is 0 Å². The fourth-order valence-electron chi connectivity index (χ4n) is 2.54. The number of piperidine rings is 1. The summed E-state index contributed by atoms with van der Waals surface area (Å²) < 4.78 is 39.2. The van der Waals surface area contributed by atoms with Crippen LogP contribution >= 0.6 is 0 Å². The van der Waals surface area contributed by atoms with Crippen LogP contribution in [0.5, 0.6) is 0 Å². The van der Waals surface area contributed by atoms with Crippen LogP contribution in [0.25, 0.3) is 0 Å². The lowest BCUT2D eigenvalue weighted by atomic mass is 10.00. The summed E-state index contributed by atoms with van der Waals surface area (Å²) in [6.07, 6.45) is -1.98. The van der Waals surface area contributed by atoms with Crippen LogP contribution in [-0.4, -0.2) is 24.3 Å². The largest absolute Gasteiger partial charge is 0.418 e. The first kappa shape index (κ1) is 14.0. The van der Waals surface area contributed by atoms with Crippen LogP contribution < -0.4 is 10.6 Å². The Kier molecular flexibility index (Phi) is 3.89. The number of halogens is 3. The van der Waals surface area contributed by atoms with E-state index >= 15 is 0 Å². The first-order chi connectivity index (χ1) is 8.93. The van der Waals surface area contributed by atoms with E-state index in [9.17, 15) is 18.3 Å². The number of rotatable bonds is 2. The molecule has 1 heterocycles. The number of hydrogen-bond acceptors (Lipinski definition) is 3. The van der Waals surface area contributed by atoms with E-state index in [1.54, 1.807) is 4.90 Å². The van der Waals surface area contributed by atoms with Gasteiger partial charge in [0.15, 0.2) is 0 Å². The van der Waals surface area contributed by atoms with Crippen molar-refractivity contribution >= 4 is 11.4 Å². The summed E-state index contributed by atoms with van der Waals surface area (Å²) in [5, 5.41) is 9.32. The minimum Gasteiger partial charge on any atom is -0.399 e. The van der Waals surface area contributed by atoms with Gasteiger partial charge in [-0.15, -0.1) is 0 Å². The molecule has 0 aliphatic carbocycles. The lowest BCUT2D eigenvalue weighted by molar-refractivity contribution is -0.137. The van der Waals surface area contributed by atoms with Gasteiger partial charge in [-0.25, -0.2) is 0 Å². The van der Waals surface area contributed by atoms with Gasteiger partial charge in [-0.2, -0.15) is 13.2 Å². The normalized spacial score (nSPS) is 20.6. The quantitative estimate of drug-likeness (QED) is 0.815. The fourth-order valence-corrected chi connectivity index (χ4v) is 2.54. The Hall–Kier alpha value is -1.43. The first-order valence-electron chi connectivity index (χ1n) is 6.27. The molecule has 3 nitrogen and oxygen atoms in total. The van der Waals surface area contributed by atoms with Crippen molar-refractivity contribution in [1.82, 2.24) is 0 Å². The number of nitrogens with two attached hydrogens (primary N) is 1. The number of nitrogen functional groups attached to an aromatic ring is 1. The van der Waals surface area contributed by atoms with Crippen LogP contribution in [0, 0.1) is 0 Å². The Balaban J connectivity index is 2.43. The Morgan fingerprint density at radius 2 is 2.05 bits per heavy atom. The second-order valence-electron chi connectivity index (χ2n) is 4.80. The molecule has 2 rings (SSSR count). The lowest BCUT2D eigenvalue weighted by Crippen LogP contribution is -2.42. The minimum atomic E-state index is -4.44. The number of aliphatic hydroxyl groups is 1. The number of hydrogen-bond donors (Lipinski definition) is 2. The van der Waals surface area contributed by atoms with E-state index in [1.807, 2.05) is 0 Å². The van der Waals surface area contributed by atoms with Crippen LogP contribution in [0.15, 0.2) is 18.2 Å². The third-order valence-electron chi connectivity index (χ3n) is 3.47. The van der Waals surface area contributed by atoms with Gasteiger partial charge in [0, 0.05) is 17.9 Å². The highest BCUT2D eigenvalue weighted by atomic mass is 19.4. The third kappa shape index (κ3) is 2.94. The zero-order valence-electron chi connectivity index (χ0n) is 10.5. The number of anilines is 2. The maximum absolute atomic E-state index is 13.1. The second-order valence-corrected chi connectivity index (χ2v) is 4.80. The first-order valence-corrected chi connectivity index (χ1v) is 6.27. The van der Waals surface area contributed by atoms with E-state index in [-0.39, 0.29) is 24.0 Å². The molecule has 0 spiro atoms. The van der Waals surface area contributed by atoms with Crippen LogP contribution in [0.3, 0.4) is 0 Å². The van der Waals surface area contributed by atoms with E-state index in [4.69, 9.17) is 5.73 Å². The molecule has 19 heavy (non-hydrogen) atoms. The highest BCUT2D eigenvalue weighted by molar-refractivity contribution is 5.61. The SMILES string of the molecule is Nc1ccc(N2CCCCC2CO)c(C(F)(F)F)c1. The van der Waals surface area contributed by atoms with Crippen molar-refractivity contribution in [2.24, 2.45) is 0 Å². The predicted octanol–water partition coefficient (Wildman–Crippen LogP) is 2.64. The summed E-state index contributed by atoms with van der Waals surface area (Å²) in [7, 11) is 0. The maximum Gasteiger partial charge on any atom is 0.418 e. The third-order valence-corrected chi connectivity index (χ3v) is 3.47. The monoisotopic (exact) mass is 274 g/mol. The summed E-state index contributed by atoms with van der Waals surface area (Å²) in [4.78, 5) is 1.64. The van der Waals surface area contributed by atoms with Crippen molar-refractivity contribution in [2.45, 2.75) is 31.5 Å². The van der Waals surface area contributed by atoms with Crippen molar-refractivity contribution in [1.29, 1.82) is 0 Å². The average Bonchev–Trinajstić information content (AvgIpc) is 2.37. The maximum atomic E-state index is 13.1. The van der Waals surface area contributed by atoms with Crippen molar-refractivity contribution in [2.75, 3.05) is 23.8 Å². The summed E-state index contributed by atoms with van der Waals surface area (Å²) in [5.74, 6) is 0. The van der Waals surface area contributed by atoms with Crippen molar-refractivity contribution < 1.29 is 18.3 Å². The molecule has 1 fully saturated rings. The summed E-state index contributed by atoms with van der Waals surface area (Å²) in [5.41, 5.74) is 4.93. The van der Waals surface area contributed by atoms with Gasteiger partial charge >= 0.3 is 6.18 Å². The molecule has 0 bridgehead atoms. The van der Waals surface area contributed by atoms with Gasteiger partial charge in [0.2, 0.25) is 0 Å². The Morgan fingerprint density at radius 1 is 1.32 bits per heavy atom. The van der Waals surface area contributed by atoms with Crippen molar-refractivity contribution in [3.63, 3.8) is 0 Å². The van der Waals surface area contributed by atoms with Gasteiger partial charge in [0.05, 0.1) is 18.2 Å². The molecule has 1 aliphatic rings. The van der Waals surface area contributed by atoms with Crippen LogP contribution in [0.2, 0.25) is 0 Å². The fraction of sp³-hybridized carbons (Fsp3) is 0.538. The molecule has 0 amide bonds. The molecule has 1 atom stereocenters. The molecule has 1 aliphatic heterocycles. The van der Waals surface area contributed by atoms with Crippen LogP contribution in [0.1, 0.15) is 24.8 Å². The zero-order chi connectivity index (χ0) is 14.0. The van der Waals surface area contributed by atoms with Gasteiger partial charge in [-0.05, 0) is 37.5 Å². The number of nitrogens with zero attached hydrogens (tertiary/aromatic N) is 1. The summed E-state index contributed by atoms with van der Waals surface area (Å²) in [6, 6.07) is 3.57.